The summed E-state index contributed by atoms with van der Waals surface area (Å²) in [7, 11) is 1.74. The molecule has 3 fully saturated rings. The van der Waals surface area contributed by atoms with E-state index in [1.165, 1.54) is 24.3 Å². The van der Waals surface area contributed by atoms with Crippen LogP contribution in [0.3, 0.4) is 0 Å². The van der Waals surface area contributed by atoms with Crippen molar-refractivity contribution in [2.75, 3.05) is 51.3 Å². The van der Waals surface area contributed by atoms with Crippen molar-refractivity contribution in [3.05, 3.63) is 47.3 Å². The van der Waals surface area contributed by atoms with Crippen molar-refractivity contribution in [3.8, 4) is 22.8 Å². The van der Waals surface area contributed by atoms with Crippen LogP contribution in [0.4, 0.5) is 10.2 Å². The lowest BCUT2D eigenvalue weighted by atomic mass is 10.0. The summed E-state index contributed by atoms with van der Waals surface area (Å²) in [4.78, 5) is 50.7. The summed E-state index contributed by atoms with van der Waals surface area (Å²) in [5.41, 5.74) is -0.640. The first-order valence-corrected chi connectivity index (χ1v) is 13.1. The molecule has 4 heterocycles. The molecule has 2 aromatic rings. The van der Waals surface area contributed by atoms with Crippen molar-refractivity contribution >= 4 is 35.1 Å². The highest BCUT2D eigenvalue weighted by Crippen LogP contribution is 2.51. The van der Waals surface area contributed by atoms with Gasteiger partial charge in [0.1, 0.15) is 40.3 Å². The Bertz CT molecular complexity index is 1410. The molecule has 1 aromatic carbocycles. The number of hydrogen-bond acceptors (Lipinski definition) is 7. The van der Waals surface area contributed by atoms with E-state index in [1.54, 1.807) is 21.7 Å². The van der Waals surface area contributed by atoms with Crippen molar-refractivity contribution in [1.29, 1.82) is 0 Å². The predicted octanol–water partition coefficient (Wildman–Crippen LogP) is 2.29. The van der Waals surface area contributed by atoms with Crippen LogP contribution in [-0.4, -0.2) is 100 Å². The van der Waals surface area contributed by atoms with E-state index in [9.17, 15) is 19.5 Å². The summed E-state index contributed by atoms with van der Waals surface area (Å²) in [6.07, 6.45) is 2.79. The number of pyridine rings is 1. The maximum atomic E-state index is 15.1. The zero-order valence-electron chi connectivity index (χ0n) is 21.3. The fraction of sp³-hybridized carbons (Fsp3) is 0.407. The fourth-order valence-electron chi connectivity index (χ4n) is 5.79. The van der Waals surface area contributed by atoms with E-state index in [4.69, 9.17) is 21.3 Å². The second kappa shape index (κ2) is 9.11. The first-order chi connectivity index (χ1) is 18.6. The van der Waals surface area contributed by atoms with Gasteiger partial charge >= 0.3 is 0 Å². The van der Waals surface area contributed by atoms with Crippen LogP contribution in [0.1, 0.15) is 23.2 Å². The molecule has 0 radical (unpaired) electrons. The minimum atomic E-state index is -0.748. The third kappa shape index (κ3) is 3.98. The Morgan fingerprint density at radius 3 is 2.74 bits per heavy atom. The maximum absolute atomic E-state index is 15.1. The molecule has 3 aliphatic heterocycles. The molecule has 1 atom stereocenters. The van der Waals surface area contributed by atoms with Crippen LogP contribution in [0.25, 0.3) is 11.3 Å². The highest BCUT2D eigenvalue weighted by atomic mass is 35.5. The number of rotatable bonds is 3. The number of carbonyl (C=O) groups excluding carboxylic acids is 3. The Kier molecular flexibility index (Phi) is 5.94. The molecule has 1 spiro atoms. The minimum Gasteiger partial charge on any atom is -0.507 e. The van der Waals surface area contributed by atoms with E-state index in [1.807, 2.05) is 4.90 Å². The molecule has 1 aliphatic carbocycles. The highest BCUT2D eigenvalue weighted by molar-refractivity contribution is 6.35. The minimum absolute atomic E-state index is 0.0162. The largest absolute Gasteiger partial charge is 0.507 e. The van der Waals surface area contributed by atoms with E-state index in [0.29, 0.717) is 13.1 Å². The van der Waals surface area contributed by atoms with Crippen molar-refractivity contribution in [2.45, 2.75) is 24.4 Å². The monoisotopic (exact) mass is 555 g/mol. The van der Waals surface area contributed by atoms with Gasteiger partial charge in [0.15, 0.2) is 5.75 Å². The van der Waals surface area contributed by atoms with Gasteiger partial charge in [-0.1, -0.05) is 24.2 Å². The number of halogens is 2. The zero-order chi connectivity index (χ0) is 27.6. The summed E-state index contributed by atoms with van der Waals surface area (Å²) >= 11 is 6.78. The Morgan fingerprint density at radius 1 is 1.28 bits per heavy atom. The number of phenols is 1. The summed E-state index contributed by atoms with van der Waals surface area (Å²) in [5, 5.41) is 10.5. The Labute approximate surface area is 229 Å². The zero-order valence-corrected chi connectivity index (χ0v) is 22.1. The molecule has 0 bridgehead atoms. The van der Waals surface area contributed by atoms with Crippen LogP contribution in [0, 0.1) is 5.82 Å². The number of amides is 3. The van der Waals surface area contributed by atoms with Crippen LogP contribution in [0.15, 0.2) is 30.9 Å². The molecule has 39 heavy (non-hydrogen) atoms. The first kappa shape index (κ1) is 25.4. The number of nitrogens with zero attached hydrogens (tertiary/aromatic N) is 5. The highest BCUT2D eigenvalue weighted by Gasteiger charge is 2.55. The van der Waals surface area contributed by atoms with Crippen LogP contribution < -0.4 is 9.64 Å². The SMILES string of the molecule is C=CC(=O)N1CCN2C(=O)c3c(N4CC(=O)N(C)CC45CC5)nc(-c4c(O)cccc4F)c(Cl)c3OC[C@H]2C1. The predicted molar refractivity (Wildman–Crippen MR) is 140 cm³/mol. The topological polar surface area (TPSA) is 107 Å². The van der Waals surface area contributed by atoms with E-state index in [0.717, 1.165) is 12.8 Å². The molecule has 3 amide bonds. The van der Waals surface area contributed by atoms with Crippen LogP contribution >= 0.6 is 11.6 Å². The van der Waals surface area contributed by atoms with Crippen LogP contribution in [0.5, 0.6) is 11.5 Å². The third-order valence-corrected chi connectivity index (χ3v) is 8.42. The van der Waals surface area contributed by atoms with Crippen molar-refractivity contribution in [2.24, 2.45) is 0 Å². The molecule has 0 unspecified atom stereocenters. The molecule has 6 rings (SSSR count). The number of aromatic nitrogens is 1. The Hall–Kier alpha value is -3.86. The lowest BCUT2D eigenvalue weighted by Gasteiger charge is -2.42. The number of ether oxygens (including phenoxy) is 1. The summed E-state index contributed by atoms with van der Waals surface area (Å²) in [5.74, 6) is -1.72. The van der Waals surface area contributed by atoms with E-state index < -0.39 is 23.3 Å². The standard InChI is InChI=1S/C27H27ClFN5O5/c1-3-18(36)32-9-10-33-15(11-32)13-39-24-21(26(33)38)25(34-12-19(37)31(2)14-27(34)7-8-27)30-23(22(24)28)20-16(29)5-4-6-17(20)35/h3-6,15,35H,1,7-14H2,2H3/t15-/m1/s1. The summed E-state index contributed by atoms with van der Waals surface area (Å²) < 4.78 is 21.2. The number of carbonyl (C=O) groups is 3. The van der Waals surface area contributed by atoms with Gasteiger partial charge in [0.05, 0.1) is 23.7 Å². The summed E-state index contributed by atoms with van der Waals surface area (Å²) in [6.45, 7) is 4.81. The fourth-order valence-corrected chi connectivity index (χ4v) is 6.08. The molecule has 204 valence electrons. The molecular weight excluding hydrogens is 529 g/mol. The molecule has 1 N–H and O–H groups in total. The number of hydrogen-bond donors (Lipinski definition) is 1. The number of benzene rings is 1. The molecular formula is C27H27ClFN5O5. The van der Waals surface area contributed by atoms with E-state index in [2.05, 4.69) is 6.58 Å². The van der Waals surface area contributed by atoms with Gasteiger partial charge in [0.2, 0.25) is 11.8 Å². The van der Waals surface area contributed by atoms with Crippen molar-refractivity contribution < 1.29 is 28.6 Å². The number of fused-ring (bicyclic) bond motifs is 2. The Balaban J connectivity index is 1.53. The van der Waals surface area contributed by atoms with E-state index >= 15 is 4.39 Å². The quantitative estimate of drug-likeness (QED) is 0.579. The first-order valence-electron chi connectivity index (χ1n) is 12.7. The third-order valence-electron chi connectivity index (χ3n) is 8.07. The van der Waals surface area contributed by atoms with Gasteiger partial charge in [0.25, 0.3) is 5.91 Å². The van der Waals surface area contributed by atoms with Gasteiger partial charge in [0, 0.05) is 33.2 Å². The van der Waals surface area contributed by atoms with E-state index in [-0.39, 0.29) is 77.2 Å². The number of anilines is 1. The van der Waals surface area contributed by atoms with Crippen LogP contribution in [0.2, 0.25) is 5.02 Å². The normalized spacial score (nSPS) is 21.8. The molecule has 10 nitrogen and oxygen atoms in total. The smallest absolute Gasteiger partial charge is 0.261 e. The maximum Gasteiger partial charge on any atom is 0.261 e. The van der Waals surface area contributed by atoms with Gasteiger partial charge in [-0.15, -0.1) is 0 Å². The van der Waals surface area contributed by atoms with Gasteiger partial charge in [-0.2, -0.15) is 0 Å². The molecule has 2 saturated heterocycles. The number of aromatic hydroxyl groups is 1. The van der Waals surface area contributed by atoms with Gasteiger partial charge in [-0.25, -0.2) is 9.37 Å². The summed E-state index contributed by atoms with van der Waals surface area (Å²) in [6, 6.07) is 3.39. The number of piperazine rings is 2. The second-order valence-electron chi connectivity index (χ2n) is 10.4. The van der Waals surface area contributed by atoms with Crippen molar-refractivity contribution in [3.63, 3.8) is 0 Å². The van der Waals surface area contributed by atoms with Gasteiger partial charge in [-0.05, 0) is 31.1 Å². The molecule has 4 aliphatic rings. The van der Waals surface area contributed by atoms with Gasteiger partial charge < -0.3 is 29.4 Å². The second-order valence-corrected chi connectivity index (χ2v) is 10.8. The lowest BCUT2D eigenvalue weighted by Crippen LogP contribution is -2.58. The molecule has 1 saturated carbocycles. The average molecular weight is 556 g/mol. The van der Waals surface area contributed by atoms with Crippen LogP contribution in [-0.2, 0) is 9.59 Å². The van der Waals surface area contributed by atoms with Crippen molar-refractivity contribution in [1.82, 2.24) is 19.7 Å². The number of likely N-dealkylation sites (N-methyl/N-ethyl adjacent to an activating group) is 1. The molecule has 1 aromatic heterocycles. The average Bonchev–Trinajstić information content (AvgIpc) is 3.70. The molecule has 12 heteroatoms. The van der Waals surface area contributed by atoms with Gasteiger partial charge in [-0.3, -0.25) is 14.4 Å². The number of phenolic OH excluding ortho intramolecular Hbond substituents is 1. The lowest BCUT2D eigenvalue weighted by molar-refractivity contribution is -0.130. The Morgan fingerprint density at radius 2 is 2.05 bits per heavy atom.